The summed E-state index contributed by atoms with van der Waals surface area (Å²) in [5.74, 6) is -0.423. The molecule has 0 aliphatic carbocycles. The number of hydrogen-bond donors (Lipinski definition) is 0. The fraction of sp³-hybridized carbons (Fsp3) is 0.286. The Morgan fingerprint density at radius 3 is 3.00 bits per heavy atom. The summed E-state index contributed by atoms with van der Waals surface area (Å²) in [5, 5.41) is 0. The van der Waals surface area contributed by atoms with Gasteiger partial charge in [-0.1, -0.05) is 0 Å². The van der Waals surface area contributed by atoms with Crippen molar-refractivity contribution in [3.8, 4) is 0 Å². The van der Waals surface area contributed by atoms with Crippen LogP contribution in [-0.2, 0) is 11.8 Å². The Bertz CT molecular complexity index is 255. The van der Waals surface area contributed by atoms with Crippen LogP contribution in [0.4, 0.5) is 0 Å². The molecule has 0 bridgehead atoms. The molecule has 1 rings (SSSR count). The van der Waals surface area contributed by atoms with Crippen molar-refractivity contribution >= 4 is 5.97 Å². The van der Waals surface area contributed by atoms with Gasteiger partial charge in [0.25, 0.3) is 0 Å². The highest BCUT2D eigenvalue weighted by Crippen LogP contribution is 1.97. The van der Waals surface area contributed by atoms with Crippen LogP contribution >= 0.6 is 0 Å². The summed E-state index contributed by atoms with van der Waals surface area (Å²) >= 11 is 0. The van der Waals surface area contributed by atoms with E-state index >= 15 is 0 Å². The molecule has 1 aromatic rings. The molecular formula is C7H9N2O2. The summed E-state index contributed by atoms with van der Waals surface area (Å²) in [6.45, 7) is 2.97. The zero-order valence-corrected chi connectivity index (χ0v) is 6.44. The number of hydrogen-bond acceptors (Lipinski definition) is 3. The van der Waals surface area contributed by atoms with Gasteiger partial charge in [0.05, 0.1) is 6.33 Å². The van der Waals surface area contributed by atoms with Crippen LogP contribution in [0.2, 0.25) is 0 Å². The summed E-state index contributed by atoms with van der Waals surface area (Å²) in [7, 11) is 1.79. The Kier molecular flexibility index (Phi) is 2.25. The maximum Gasteiger partial charge on any atom is 0.358 e. The number of rotatable bonds is 2. The van der Waals surface area contributed by atoms with E-state index in [4.69, 9.17) is 0 Å². The lowest BCUT2D eigenvalue weighted by molar-refractivity contribution is 0.0606. The largest absolute Gasteiger partial charge is 0.454 e. The molecule has 11 heavy (non-hydrogen) atoms. The lowest BCUT2D eigenvalue weighted by Crippen LogP contribution is -2.01. The van der Waals surface area contributed by atoms with Crippen LogP contribution in [0.3, 0.4) is 0 Å². The standard InChI is InChI=1S/C7H9N2O2/c1-3-11-7(10)6-4-9(2)5-8-6/h3-5H,1-2H3. The summed E-state index contributed by atoms with van der Waals surface area (Å²) in [4.78, 5) is 14.7. The monoisotopic (exact) mass is 153 g/mol. The van der Waals surface area contributed by atoms with Gasteiger partial charge in [-0.2, -0.15) is 0 Å². The first kappa shape index (κ1) is 7.78. The minimum atomic E-state index is -0.423. The molecule has 0 aromatic carbocycles. The number of aromatic nitrogens is 2. The highest BCUT2D eigenvalue weighted by molar-refractivity contribution is 5.87. The maximum atomic E-state index is 10.9. The molecule has 59 valence electrons. The minimum Gasteiger partial charge on any atom is -0.454 e. The molecule has 0 unspecified atom stereocenters. The first-order valence-electron chi connectivity index (χ1n) is 3.21. The van der Waals surface area contributed by atoms with Gasteiger partial charge in [0.1, 0.15) is 6.61 Å². The van der Waals surface area contributed by atoms with Gasteiger partial charge in [-0.05, 0) is 6.92 Å². The zero-order chi connectivity index (χ0) is 8.27. The van der Waals surface area contributed by atoms with Crippen molar-refractivity contribution in [1.29, 1.82) is 0 Å². The first-order valence-corrected chi connectivity index (χ1v) is 3.21. The number of carbonyl (C=O) groups excluding carboxylic acids is 1. The Labute approximate surface area is 64.8 Å². The van der Waals surface area contributed by atoms with E-state index < -0.39 is 5.97 Å². The van der Waals surface area contributed by atoms with Crippen LogP contribution < -0.4 is 0 Å². The summed E-state index contributed by atoms with van der Waals surface area (Å²) in [5.41, 5.74) is 0.325. The average molecular weight is 153 g/mol. The molecule has 1 heterocycles. The van der Waals surface area contributed by atoms with Gasteiger partial charge in [-0.3, -0.25) is 0 Å². The number of nitrogens with zero attached hydrogens (tertiary/aromatic N) is 2. The summed E-state index contributed by atoms with van der Waals surface area (Å²) in [6, 6.07) is 0. The molecule has 0 saturated heterocycles. The Balaban J connectivity index is 2.69. The second-order valence-electron chi connectivity index (χ2n) is 2.07. The van der Waals surface area contributed by atoms with Crippen molar-refractivity contribution in [2.75, 3.05) is 0 Å². The predicted molar refractivity (Wildman–Crippen MR) is 38.6 cm³/mol. The number of carbonyl (C=O) groups is 1. The van der Waals surface area contributed by atoms with Crippen LogP contribution in [-0.4, -0.2) is 15.5 Å². The van der Waals surface area contributed by atoms with Crippen LogP contribution in [0.15, 0.2) is 12.5 Å². The molecule has 0 saturated carbocycles. The molecule has 0 fully saturated rings. The lowest BCUT2D eigenvalue weighted by Gasteiger charge is -1.94. The average Bonchev–Trinajstić information content (AvgIpc) is 2.36. The van der Waals surface area contributed by atoms with E-state index in [0.29, 0.717) is 5.69 Å². The molecule has 0 spiro atoms. The van der Waals surface area contributed by atoms with Gasteiger partial charge in [-0.15, -0.1) is 0 Å². The van der Waals surface area contributed by atoms with E-state index in [0.717, 1.165) is 0 Å². The molecular weight excluding hydrogens is 144 g/mol. The molecule has 1 aromatic heterocycles. The molecule has 0 aliphatic rings. The molecule has 1 radical (unpaired) electrons. The third-order valence-electron chi connectivity index (χ3n) is 1.14. The first-order chi connectivity index (χ1) is 5.24. The van der Waals surface area contributed by atoms with Crippen LogP contribution in [0.25, 0.3) is 0 Å². The van der Waals surface area contributed by atoms with Gasteiger partial charge in [0, 0.05) is 13.2 Å². The van der Waals surface area contributed by atoms with Crippen LogP contribution in [0, 0.1) is 6.61 Å². The summed E-state index contributed by atoms with van der Waals surface area (Å²) in [6.07, 6.45) is 3.15. The van der Waals surface area contributed by atoms with E-state index in [2.05, 4.69) is 9.72 Å². The van der Waals surface area contributed by atoms with E-state index in [1.54, 1.807) is 31.1 Å². The molecule has 0 atom stereocenters. The lowest BCUT2D eigenvalue weighted by atomic mass is 10.5. The number of ether oxygens (including phenoxy) is 1. The third-order valence-corrected chi connectivity index (χ3v) is 1.14. The van der Waals surface area contributed by atoms with Gasteiger partial charge in [-0.25, -0.2) is 9.78 Å². The van der Waals surface area contributed by atoms with Crippen molar-refractivity contribution in [3.63, 3.8) is 0 Å². The van der Waals surface area contributed by atoms with E-state index in [1.807, 2.05) is 0 Å². The maximum absolute atomic E-state index is 10.9. The fourth-order valence-corrected chi connectivity index (χ4v) is 0.686. The SMILES string of the molecule is C[CH]OC(=O)c1cn(C)cn1. The quantitative estimate of drug-likeness (QED) is 0.589. The van der Waals surface area contributed by atoms with Gasteiger partial charge < -0.3 is 9.30 Å². The van der Waals surface area contributed by atoms with Crippen molar-refractivity contribution in [3.05, 3.63) is 24.8 Å². The number of esters is 1. The topological polar surface area (TPSA) is 44.1 Å². The van der Waals surface area contributed by atoms with E-state index in [-0.39, 0.29) is 0 Å². The van der Waals surface area contributed by atoms with Crippen molar-refractivity contribution in [2.24, 2.45) is 7.05 Å². The zero-order valence-electron chi connectivity index (χ0n) is 6.44. The van der Waals surface area contributed by atoms with Crippen molar-refractivity contribution in [1.82, 2.24) is 9.55 Å². The Morgan fingerprint density at radius 1 is 1.82 bits per heavy atom. The third kappa shape index (κ3) is 1.80. The van der Waals surface area contributed by atoms with E-state index in [1.165, 1.54) is 6.61 Å². The highest BCUT2D eigenvalue weighted by Gasteiger charge is 2.07. The number of imidazole rings is 1. The van der Waals surface area contributed by atoms with Gasteiger partial charge in [0.15, 0.2) is 5.69 Å². The second kappa shape index (κ2) is 3.18. The smallest absolute Gasteiger partial charge is 0.358 e. The minimum absolute atomic E-state index is 0.325. The van der Waals surface area contributed by atoms with Crippen LogP contribution in [0.5, 0.6) is 0 Å². The highest BCUT2D eigenvalue weighted by atomic mass is 16.5. The Hall–Kier alpha value is -1.32. The number of aryl methyl sites for hydroxylation is 1. The van der Waals surface area contributed by atoms with Crippen LogP contribution in [0.1, 0.15) is 17.4 Å². The van der Waals surface area contributed by atoms with Gasteiger partial charge >= 0.3 is 5.97 Å². The molecule has 4 heteroatoms. The molecule has 4 nitrogen and oxygen atoms in total. The normalized spacial score (nSPS) is 9.64. The predicted octanol–water partition coefficient (Wildman–Crippen LogP) is 0.759. The van der Waals surface area contributed by atoms with E-state index in [9.17, 15) is 4.79 Å². The van der Waals surface area contributed by atoms with Crippen molar-refractivity contribution in [2.45, 2.75) is 6.92 Å². The molecule has 0 amide bonds. The fourth-order valence-electron chi connectivity index (χ4n) is 0.686. The second-order valence-corrected chi connectivity index (χ2v) is 2.07. The van der Waals surface area contributed by atoms with Crippen molar-refractivity contribution < 1.29 is 9.53 Å². The Morgan fingerprint density at radius 2 is 2.55 bits per heavy atom. The molecule has 0 aliphatic heterocycles. The molecule has 0 N–H and O–H groups in total. The van der Waals surface area contributed by atoms with Gasteiger partial charge in [0.2, 0.25) is 0 Å². The summed E-state index contributed by atoms with van der Waals surface area (Å²) < 4.78 is 6.29.